The van der Waals surface area contributed by atoms with Crippen LogP contribution in [0.15, 0.2) is 23.4 Å². The van der Waals surface area contributed by atoms with Crippen LogP contribution in [0.4, 0.5) is 5.69 Å². The summed E-state index contributed by atoms with van der Waals surface area (Å²) in [6, 6.07) is 2.69. The number of hydrogen-bond acceptors (Lipinski definition) is 7. The average molecular weight is 229 g/mol. The highest BCUT2D eigenvalue weighted by molar-refractivity contribution is 7.95. The fourth-order valence-electron chi connectivity index (χ4n) is 0.705. The first-order valence-electron chi connectivity index (χ1n) is 3.82. The van der Waals surface area contributed by atoms with E-state index in [0.29, 0.717) is 12.0 Å². The molecular formula is C7H7N3O4S. The van der Waals surface area contributed by atoms with E-state index in [1.54, 1.807) is 0 Å². The molecule has 0 atom stereocenters. The van der Waals surface area contributed by atoms with Crippen molar-refractivity contribution >= 4 is 23.7 Å². The van der Waals surface area contributed by atoms with Gasteiger partial charge in [-0.05, 0) is 6.07 Å². The van der Waals surface area contributed by atoms with Gasteiger partial charge in [0.2, 0.25) is 5.03 Å². The maximum absolute atomic E-state index is 10.7. The van der Waals surface area contributed by atoms with Gasteiger partial charge in [0.25, 0.3) is 0 Å². The van der Waals surface area contributed by atoms with Gasteiger partial charge in [-0.3, -0.25) is 10.1 Å². The van der Waals surface area contributed by atoms with E-state index >= 15 is 0 Å². The fraction of sp³-hybridized carbons (Fsp3) is 0.143. The SMILES string of the molecule is NCC(=O)OSc1ncccc1[N+](=O)[O-]. The van der Waals surface area contributed by atoms with Crippen molar-refractivity contribution in [2.45, 2.75) is 5.03 Å². The molecule has 80 valence electrons. The molecule has 0 unspecified atom stereocenters. The van der Waals surface area contributed by atoms with Crippen molar-refractivity contribution in [1.29, 1.82) is 0 Å². The largest absolute Gasteiger partial charge is 0.383 e. The second-order valence-electron chi connectivity index (χ2n) is 2.33. The van der Waals surface area contributed by atoms with Gasteiger partial charge in [-0.1, -0.05) is 0 Å². The van der Waals surface area contributed by atoms with Gasteiger partial charge in [0.1, 0.15) is 12.0 Å². The smallest absolute Gasteiger partial charge is 0.332 e. The predicted octanol–water partition coefficient (Wildman–Crippen LogP) is 0.499. The number of nitrogens with zero attached hydrogens (tertiary/aromatic N) is 2. The van der Waals surface area contributed by atoms with Gasteiger partial charge in [0.15, 0.2) is 0 Å². The lowest BCUT2D eigenvalue weighted by Gasteiger charge is -2.00. The molecule has 0 saturated carbocycles. The zero-order valence-corrected chi connectivity index (χ0v) is 8.27. The van der Waals surface area contributed by atoms with Crippen LogP contribution in [0.3, 0.4) is 0 Å². The van der Waals surface area contributed by atoms with E-state index in [4.69, 9.17) is 5.73 Å². The van der Waals surface area contributed by atoms with Crippen LogP contribution in [0.2, 0.25) is 0 Å². The Bertz CT molecular complexity index is 384. The number of nitro groups is 1. The molecule has 0 aliphatic carbocycles. The molecule has 1 aromatic rings. The molecule has 2 N–H and O–H groups in total. The first-order valence-corrected chi connectivity index (χ1v) is 4.56. The number of pyridine rings is 1. The number of carbonyl (C=O) groups excluding carboxylic acids is 1. The van der Waals surface area contributed by atoms with E-state index in [2.05, 4.69) is 9.17 Å². The summed E-state index contributed by atoms with van der Waals surface area (Å²) < 4.78 is 4.55. The number of hydrogen-bond donors (Lipinski definition) is 1. The number of rotatable bonds is 4. The van der Waals surface area contributed by atoms with Crippen molar-refractivity contribution in [3.05, 3.63) is 28.4 Å². The van der Waals surface area contributed by atoms with Crippen molar-refractivity contribution in [2.24, 2.45) is 5.73 Å². The van der Waals surface area contributed by atoms with E-state index in [1.165, 1.54) is 18.3 Å². The second-order valence-corrected chi connectivity index (χ2v) is 3.05. The summed E-state index contributed by atoms with van der Waals surface area (Å²) >= 11 is 0.526. The van der Waals surface area contributed by atoms with E-state index in [9.17, 15) is 14.9 Å². The molecule has 0 fully saturated rings. The van der Waals surface area contributed by atoms with E-state index < -0.39 is 10.9 Å². The molecule has 8 heteroatoms. The highest BCUT2D eigenvalue weighted by atomic mass is 32.2. The minimum atomic E-state index is -0.667. The van der Waals surface area contributed by atoms with E-state index in [-0.39, 0.29) is 17.3 Å². The van der Waals surface area contributed by atoms with Crippen molar-refractivity contribution < 1.29 is 13.9 Å². The maximum atomic E-state index is 10.7. The van der Waals surface area contributed by atoms with Crippen LogP contribution in [0.1, 0.15) is 0 Å². The molecule has 1 heterocycles. The quantitative estimate of drug-likeness (QED) is 0.454. The number of aromatic nitrogens is 1. The van der Waals surface area contributed by atoms with Crippen LogP contribution in [0.5, 0.6) is 0 Å². The van der Waals surface area contributed by atoms with Crippen LogP contribution in [-0.4, -0.2) is 22.4 Å². The molecule has 0 bridgehead atoms. The Kier molecular flexibility index (Phi) is 4.01. The number of nitrogens with two attached hydrogens (primary N) is 1. The Hall–Kier alpha value is -1.67. The first-order chi connectivity index (χ1) is 7.15. The van der Waals surface area contributed by atoms with Gasteiger partial charge in [-0.15, -0.1) is 0 Å². The third kappa shape index (κ3) is 3.18. The first kappa shape index (κ1) is 11.4. The van der Waals surface area contributed by atoms with E-state index in [0.717, 1.165) is 0 Å². The molecular weight excluding hydrogens is 222 g/mol. The fourth-order valence-corrected chi connectivity index (χ4v) is 1.28. The normalized spacial score (nSPS) is 9.67. The zero-order chi connectivity index (χ0) is 11.3. The molecule has 0 aromatic carbocycles. The summed E-state index contributed by atoms with van der Waals surface area (Å²) in [5, 5.41) is 10.5. The average Bonchev–Trinajstić information content (AvgIpc) is 2.26. The summed E-state index contributed by atoms with van der Waals surface area (Å²) in [6.07, 6.45) is 1.37. The third-order valence-electron chi connectivity index (χ3n) is 1.33. The van der Waals surface area contributed by atoms with Crippen molar-refractivity contribution in [3.8, 4) is 0 Å². The summed E-state index contributed by atoms with van der Waals surface area (Å²) in [5.41, 5.74) is 4.78. The highest BCUT2D eigenvalue weighted by Crippen LogP contribution is 2.26. The zero-order valence-electron chi connectivity index (χ0n) is 7.45. The Balaban J connectivity index is 2.76. The molecule has 1 rings (SSSR count). The molecule has 0 spiro atoms. The Labute approximate surface area is 89.0 Å². The topological polar surface area (TPSA) is 108 Å². The summed E-state index contributed by atoms with van der Waals surface area (Å²) in [5.74, 6) is -0.667. The molecule has 7 nitrogen and oxygen atoms in total. The van der Waals surface area contributed by atoms with Crippen LogP contribution >= 0.6 is 12.0 Å². The molecule has 0 amide bonds. The second kappa shape index (κ2) is 5.27. The summed E-state index contributed by atoms with van der Waals surface area (Å²) in [7, 11) is 0. The highest BCUT2D eigenvalue weighted by Gasteiger charge is 2.16. The summed E-state index contributed by atoms with van der Waals surface area (Å²) in [4.78, 5) is 24.3. The van der Waals surface area contributed by atoms with Gasteiger partial charge < -0.3 is 9.92 Å². The minimum absolute atomic E-state index is 0.0179. The van der Waals surface area contributed by atoms with Crippen molar-refractivity contribution in [2.75, 3.05) is 6.54 Å². The lowest BCUT2D eigenvalue weighted by Crippen LogP contribution is -2.13. The van der Waals surface area contributed by atoms with Gasteiger partial charge in [-0.2, -0.15) is 0 Å². The van der Waals surface area contributed by atoms with Crippen LogP contribution in [-0.2, 0) is 8.98 Å². The molecule has 15 heavy (non-hydrogen) atoms. The van der Waals surface area contributed by atoms with Gasteiger partial charge in [0.05, 0.1) is 11.5 Å². The molecule has 0 radical (unpaired) electrons. The molecule has 0 aliphatic heterocycles. The number of carbonyl (C=O) groups is 1. The van der Waals surface area contributed by atoms with E-state index in [1.807, 2.05) is 0 Å². The van der Waals surface area contributed by atoms with Gasteiger partial charge in [0, 0.05) is 12.3 Å². The summed E-state index contributed by atoms with van der Waals surface area (Å²) in [6.45, 7) is -0.284. The van der Waals surface area contributed by atoms with Gasteiger partial charge >= 0.3 is 11.7 Å². The Morgan fingerprint density at radius 3 is 3.07 bits per heavy atom. The monoisotopic (exact) mass is 229 g/mol. The Morgan fingerprint density at radius 1 is 1.73 bits per heavy atom. The molecule has 0 aliphatic rings. The Morgan fingerprint density at radius 2 is 2.47 bits per heavy atom. The van der Waals surface area contributed by atoms with Gasteiger partial charge in [-0.25, -0.2) is 9.78 Å². The third-order valence-corrected chi connectivity index (χ3v) is 2.07. The minimum Gasteiger partial charge on any atom is -0.383 e. The lowest BCUT2D eigenvalue weighted by atomic mass is 10.4. The maximum Gasteiger partial charge on any atom is 0.332 e. The molecule has 0 saturated heterocycles. The van der Waals surface area contributed by atoms with Crippen molar-refractivity contribution in [1.82, 2.24) is 4.98 Å². The van der Waals surface area contributed by atoms with Crippen LogP contribution < -0.4 is 5.73 Å². The van der Waals surface area contributed by atoms with Crippen LogP contribution in [0.25, 0.3) is 0 Å². The predicted molar refractivity (Wildman–Crippen MR) is 51.9 cm³/mol. The standard InChI is InChI=1S/C7H7N3O4S/c8-4-6(11)14-15-7-5(10(12)13)2-1-3-9-7/h1-3H,4,8H2. The molecule has 1 aromatic heterocycles. The van der Waals surface area contributed by atoms with Crippen LogP contribution in [0, 0.1) is 10.1 Å². The van der Waals surface area contributed by atoms with Crippen molar-refractivity contribution in [3.63, 3.8) is 0 Å². The lowest BCUT2D eigenvalue weighted by molar-refractivity contribution is -0.388.